The van der Waals surface area contributed by atoms with Crippen LogP contribution in [-0.4, -0.2) is 42.0 Å². The van der Waals surface area contributed by atoms with Crippen LogP contribution in [0, 0.1) is 6.92 Å². The predicted molar refractivity (Wildman–Crippen MR) is 97.5 cm³/mol. The number of hydrogen-bond acceptors (Lipinski definition) is 3. The fraction of sp³-hybridized carbons (Fsp3) is 0.444. The second-order valence-electron chi connectivity index (χ2n) is 5.70. The maximum atomic E-state index is 5.96. The molecule has 1 unspecified atom stereocenters. The van der Waals surface area contributed by atoms with Gasteiger partial charge in [0.1, 0.15) is 11.9 Å². The van der Waals surface area contributed by atoms with E-state index in [-0.39, 0.29) is 6.10 Å². The molecular weight excluding hydrogens is 302 g/mol. The quantitative estimate of drug-likeness (QED) is 0.443. The third-order valence-electron chi connectivity index (χ3n) is 3.62. The van der Waals surface area contributed by atoms with Crippen LogP contribution in [0.15, 0.2) is 47.7 Å². The molecule has 2 rings (SSSR count). The van der Waals surface area contributed by atoms with Gasteiger partial charge in [0.25, 0.3) is 0 Å². The van der Waals surface area contributed by atoms with E-state index in [0.717, 1.165) is 36.8 Å². The van der Waals surface area contributed by atoms with Gasteiger partial charge in [-0.25, -0.2) is 0 Å². The van der Waals surface area contributed by atoms with Gasteiger partial charge in [0.15, 0.2) is 5.96 Å². The molecule has 0 fully saturated rings. The number of benzene rings is 1. The zero-order chi connectivity index (χ0) is 17.2. The number of nitrogens with one attached hydrogen (secondary N) is 2. The van der Waals surface area contributed by atoms with Crippen LogP contribution in [0.25, 0.3) is 0 Å². The van der Waals surface area contributed by atoms with Crippen molar-refractivity contribution in [1.82, 2.24) is 20.4 Å². The Labute approximate surface area is 143 Å². The van der Waals surface area contributed by atoms with E-state index in [1.54, 1.807) is 13.2 Å². The van der Waals surface area contributed by atoms with Crippen LogP contribution in [0.1, 0.15) is 18.9 Å². The molecule has 2 aromatic rings. The highest BCUT2D eigenvalue weighted by atomic mass is 16.5. The Balaban J connectivity index is 1.66. The van der Waals surface area contributed by atoms with E-state index >= 15 is 0 Å². The van der Waals surface area contributed by atoms with Crippen molar-refractivity contribution in [3.8, 4) is 5.75 Å². The van der Waals surface area contributed by atoms with Crippen LogP contribution < -0.4 is 15.4 Å². The van der Waals surface area contributed by atoms with Crippen molar-refractivity contribution in [2.75, 3.05) is 20.1 Å². The summed E-state index contributed by atoms with van der Waals surface area (Å²) in [5.74, 6) is 1.71. The molecule has 1 aromatic carbocycles. The molecule has 0 saturated heterocycles. The van der Waals surface area contributed by atoms with Crippen molar-refractivity contribution in [3.63, 3.8) is 0 Å². The number of nitrogens with zero attached hydrogens (tertiary/aromatic N) is 3. The van der Waals surface area contributed by atoms with Gasteiger partial charge < -0.3 is 15.4 Å². The number of rotatable bonds is 8. The minimum atomic E-state index is 0.0497. The van der Waals surface area contributed by atoms with E-state index < -0.39 is 0 Å². The molecular formula is C18H27N5O. The van der Waals surface area contributed by atoms with Crippen LogP contribution in [0.4, 0.5) is 0 Å². The Hall–Kier alpha value is -2.50. The van der Waals surface area contributed by atoms with Gasteiger partial charge in [-0.3, -0.25) is 9.67 Å². The standard InChI is InChI=1S/C18H27N5O/c1-15-8-4-5-9-17(15)24-16(2)14-21-18(19-3)20-10-6-12-23-13-7-11-22-23/h4-5,7-9,11,13,16H,6,10,12,14H2,1-3H3,(H2,19,20,21). The van der Waals surface area contributed by atoms with Crippen LogP contribution in [0.2, 0.25) is 0 Å². The Bertz CT molecular complexity index is 624. The third-order valence-corrected chi connectivity index (χ3v) is 3.62. The SMILES string of the molecule is CN=C(NCCCn1cccn1)NCC(C)Oc1ccccc1C. The van der Waals surface area contributed by atoms with E-state index in [4.69, 9.17) is 4.74 Å². The summed E-state index contributed by atoms with van der Waals surface area (Å²) in [6, 6.07) is 9.98. The molecule has 0 radical (unpaired) electrons. The van der Waals surface area contributed by atoms with Crippen molar-refractivity contribution < 1.29 is 4.74 Å². The molecule has 0 aliphatic rings. The third kappa shape index (κ3) is 5.95. The Morgan fingerprint density at radius 1 is 1.29 bits per heavy atom. The van der Waals surface area contributed by atoms with Gasteiger partial charge >= 0.3 is 0 Å². The van der Waals surface area contributed by atoms with E-state index in [1.165, 1.54) is 0 Å². The second kappa shape index (κ2) is 9.60. The van der Waals surface area contributed by atoms with Crippen LogP contribution in [-0.2, 0) is 6.54 Å². The molecule has 6 heteroatoms. The number of aryl methyl sites for hydroxylation is 2. The first-order chi connectivity index (χ1) is 11.7. The number of aromatic nitrogens is 2. The lowest BCUT2D eigenvalue weighted by molar-refractivity contribution is 0.222. The molecule has 0 bridgehead atoms. The highest BCUT2D eigenvalue weighted by Gasteiger charge is 2.07. The molecule has 2 N–H and O–H groups in total. The summed E-state index contributed by atoms with van der Waals surface area (Å²) >= 11 is 0. The summed E-state index contributed by atoms with van der Waals surface area (Å²) in [6.45, 7) is 6.52. The molecule has 1 heterocycles. The first kappa shape index (κ1) is 17.8. The van der Waals surface area contributed by atoms with Crippen molar-refractivity contribution in [2.24, 2.45) is 4.99 Å². The van der Waals surface area contributed by atoms with Gasteiger partial charge in [-0.05, 0) is 38.0 Å². The zero-order valence-electron chi connectivity index (χ0n) is 14.7. The lowest BCUT2D eigenvalue weighted by Gasteiger charge is -2.18. The fourth-order valence-corrected chi connectivity index (χ4v) is 2.29. The highest BCUT2D eigenvalue weighted by Crippen LogP contribution is 2.17. The van der Waals surface area contributed by atoms with Gasteiger partial charge in [-0.2, -0.15) is 5.10 Å². The molecule has 24 heavy (non-hydrogen) atoms. The Morgan fingerprint density at radius 3 is 2.83 bits per heavy atom. The van der Waals surface area contributed by atoms with Gasteiger partial charge in [0, 0.05) is 32.5 Å². The molecule has 0 spiro atoms. The lowest BCUT2D eigenvalue weighted by atomic mass is 10.2. The lowest BCUT2D eigenvalue weighted by Crippen LogP contribution is -2.42. The highest BCUT2D eigenvalue weighted by molar-refractivity contribution is 5.79. The van der Waals surface area contributed by atoms with E-state index in [9.17, 15) is 0 Å². The smallest absolute Gasteiger partial charge is 0.191 e. The van der Waals surface area contributed by atoms with E-state index in [0.29, 0.717) is 6.54 Å². The Morgan fingerprint density at radius 2 is 2.12 bits per heavy atom. The largest absolute Gasteiger partial charge is 0.489 e. The molecule has 0 aliphatic heterocycles. The molecule has 0 amide bonds. The molecule has 130 valence electrons. The van der Waals surface area contributed by atoms with Crippen molar-refractivity contribution in [1.29, 1.82) is 0 Å². The van der Waals surface area contributed by atoms with Gasteiger partial charge in [0.05, 0.1) is 6.54 Å². The zero-order valence-corrected chi connectivity index (χ0v) is 14.7. The molecule has 0 saturated carbocycles. The Kier molecular flexibility index (Phi) is 7.14. The summed E-state index contributed by atoms with van der Waals surface area (Å²) in [4.78, 5) is 4.24. The topological polar surface area (TPSA) is 63.5 Å². The maximum absolute atomic E-state index is 5.96. The number of hydrogen-bond donors (Lipinski definition) is 2. The van der Waals surface area contributed by atoms with Crippen molar-refractivity contribution in [3.05, 3.63) is 48.3 Å². The first-order valence-corrected chi connectivity index (χ1v) is 8.33. The average molecular weight is 329 g/mol. The number of guanidine groups is 1. The summed E-state index contributed by atoms with van der Waals surface area (Å²) in [5, 5.41) is 10.8. The normalized spacial score (nSPS) is 12.7. The first-order valence-electron chi connectivity index (χ1n) is 8.33. The predicted octanol–water partition coefficient (Wildman–Crippen LogP) is 2.21. The van der Waals surface area contributed by atoms with Gasteiger partial charge in [0.2, 0.25) is 0 Å². The van der Waals surface area contributed by atoms with Crippen LogP contribution in [0.5, 0.6) is 5.75 Å². The van der Waals surface area contributed by atoms with Crippen LogP contribution in [0.3, 0.4) is 0 Å². The summed E-state index contributed by atoms with van der Waals surface area (Å²) in [7, 11) is 1.77. The minimum Gasteiger partial charge on any atom is -0.489 e. The molecule has 1 atom stereocenters. The maximum Gasteiger partial charge on any atom is 0.191 e. The second-order valence-corrected chi connectivity index (χ2v) is 5.70. The van der Waals surface area contributed by atoms with Crippen LogP contribution >= 0.6 is 0 Å². The molecule has 0 aliphatic carbocycles. The number of ether oxygens (including phenoxy) is 1. The summed E-state index contributed by atoms with van der Waals surface area (Å²) in [5.41, 5.74) is 1.14. The van der Waals surface area contributed by atoms with Crippen molar-refractivity contribution in [2.45, 2.75) is 32.9 Å². The average Bonchev–Trinajstić information content (AvgIpc) is 3.10. The fourth-order valence-electron chi connectivity index (χ4n) is 2.29. The van der Waals surface area contributed by atoms with Gasteiger partial charge in [-0.1, -0.05) is 18.2 Å². The number of para-hydroxylation sites is 1. The van der Waals surface area contributed by atoms with Crippen molar-refractivity contribution >= 4 is 5.96 Å². The van der Waals surface area contributed by atoms with Gasteiger partial charge in [-0.15, -0.1) is 0 Å². The van der Waals surface area contributed by atoms with E-state index in [2.05, 4.69) is 33.7 Å². The van der Waals surface area contributed by atoms with E-state index in [1.807, 2.05) is 42.1 Å². The monoisotopic (exact) mass is 329 g/mol. The summed E-state index contributed by atoms with van der Waals surface area (Å²) in [6.07, 6.45) is 4.80. The molecule has 1 aromatic heterocycles. The summed E-state index contributed by atoms with van der Waals surface area (Å²) < 4.78 is 7.88. The minimum absolute atomic E-state index is 0.0497. The molecule has 6 nitrogen and oxygen atoms in total. The number of aliphatic imine (C=N–C) groups is 1.